The maximum absolute atomic E-state index is 13.4. The molecule has 0 unspecified atom stereocenters. The summed E-state index contributed by atoms with van der Waals surface area (Å²) in [5.41, 5.74) is 2.51. The minimum absolute atomic E-state index is 0.0440. The first-order valence-corrected chi connectivity index (χ1v) is 9.77. The molecule has 2 heterocycles. The number of hydrogen-bond acceptors (Lipinski definition) is 4. The molecule has 3 aromatic rings. The van der Waals surface area contributed by atoms with Crippen LogP contribution in [0.2, 0.25) is 0 Å². The van der Waals surface area contributed by atoms with Gasteiger partial charge in [0.05, 0.1) is 7.11 Å². The third-order valence-electron chi connectivity index (χ3n) is 5.49. The van der Waals surface area contributed by atoms with Crippen molar-refractivity contribution in [1.82, 2.24) is 9.80 Å². The minimum atomic E-state index is -0.0440. The van der Waals surface area contributed by atoms with Crippen molar-refractivity contribution in [2.75, 3.05) is 33.3 Å². The van der Waals surface area contributed by atoms with Crippen molar-refractivity contribution >= 4 is 16.9 Å². The van der Waals surface area contributed by atoms with Crippen LogP contribution in [-0.2, 0) is 0 Å². The van der Waals surface area contributed by atoms with E-state index in [1.807, 2.05) is 53.4 Å². The summed E-state index contributed by atoms with van der Waals surface area (Å²) in [5.74, 6) is 1.08. The van der Waals surface area contributed by atoms with E-state index in [1.54, 1.807) is 7.11 Å². The molecule has 0 bridgehead atoms. The monoisotopic (exact) mass is 378 g/mol. The molecular formula is C23H26N2O3. The number of rotatable bonds is 4. The van der Waals surface area contributed by atoms with Gasteiger partial charge >= 0.3 is 0 Å². The summed E-state index contributed by atoms with van der Waals surface area (Å²) < 4.78 is 11.4. The molecule has 0 radical (unpaired) electrons. The summed E-state index contributed by atoms with van der Waals surface area (Å²) in [6, 6.07) is 16.2. The third-order valence-corrected chi connectivity index (χ3v) is 5.49. The molecule has 1 aliphatic heterocycles. The molecule has 146 valence electrons. The Balaban J connectivity index is 1.74. The van der Waals surface area contributed by atoms with Crippen LogP contribution in [0.5, 0.6) is 5.75 Å². The van der Waals surface area contributed by atoms with Crippen molar-refractivity contribution in [3.05, 3.63) is 54.3 Å². The van der Waals surface area contributed by atoms with Gasteiger partial charge in [-0.05, 0) is 31.5 Å². The van der Waals surface area contributed by atoms with Gasteiger partial charge in [-0.15, -0.1) is 0 Å². The Kier molecular flexibility index (Phi) is 5.09. The number of carbonyl (C=O) groups is 1. The van der Waals surface area contributed by atoms with Gasteiger partial charge in [0.2, 0.25) is 5.76 Å². The lowest BCUT2D eigenvalue weighted by atomic mass is 10.0. The normalized spacial score (nSPS) is 15.4. The smallest absolute Gasteiger partial charge is 0.290 e. The lowest BCUT2D eigenvalue weighted by molar-refractivity contribution is 0.0569. The van der Waals surface area contributed by atoms with Gasteiger partial charge in [-0.25, -0.2) is 0 Å². The van der Waals surface area contributed by atoms with Crippen LogP contribution in [0.15, 0.2) is 52.9 Å². The van der Waals surface area contributed by atoms with Gasteiger partial charge in [-0.1, -0.05) is 30.3 Å². The molecule has 5 heteroatoms. The molecule has 1 fully saturated rings. The third kappa shape index (κ3) is 3.38. The van der Waals surface area contributed by atoms with Crippen LogP contribution in [0.3, 0.4) is 0 Å². The highest BCUT2D eigenvalue weighted by atomic mass is 16.5. The first kappa shape index (κ1) is 18.6. The molecule has 4 rings (SSSR count). The lowest BCUT2D eigenvalue weighted by Gasteiger charge is -2.36. The number of furan rings is 1. The summed E-state index contributed by atoms with van der Waals surface area (Å²) in [4.78, 5) is 17.7. The van der Waals surface area contributed by atoms with Gasteiger partial charge in [0.25, 0.3) is 5.91 Å². The van der Waals surface area contributed by atoms with Gasteiger partial charge < -0.3 is 14.1 Å². The van der Waals surface area contributed by atoms with Crippen LogP contribution in [0, 0.1) is 0 Å². The Morgan fingerprint density at radius 2 is 1.75 bits per heavy atom. The maximum Gasteiger partial charge on any atom is 0.290 e. The molecule has 0 saturated carbocycles. The second-order valence-corrected chi connectivity index (χ2v) is 7.46. The van der Waals surface area contributed by atoms with Crippen LogP contribution in [0.4, 0.5) is 0 Å². The number of methoxy groups -OCH3 is 1. The number of benzene rings is 2. The van der Waals surface area contributed by atoms with Crippen LogP contribution in [0.1, 0.15) is 24.4 Å². The molecule has 2 aromatic carbocycles. The predicted octanol–water partition coefficient (Wildman–Crippen LogP) is 4.27. The van der Waals surface area contributed by atoms with Gasteiger partial charge in [0.15, 0.2) is 0 Å². The number of ether oxygens (including phenoxy) is 1. The van der Waals surface area contributed by atoms with E-state index < -0.39 is 0 Å². The maximum atomic E-state index is 13.4. The van der Waals surface area contributed by atoms with Gasteiger partial charge in [-0.2, -0.15) is 0 Å². The summed E-state index contributed by atoms with van der Waals surface area (Å²) in [6.07, 6.45) is 0. The van der Waals surface area contributed by atoms with E-state index in [0.717, 1.165) is 29.6 Å². The van der Waals surface area contributed by atoms with Gasteiger partial charge in [-0.3, -0.25) is 9.69 Å². The van der Waals surface area contributed by atoms with Gasteiger partial charge in [0, 0.05) is 49.2 Å². The minimum Gasteiger partial charge on any atom is -0.497 e. The second kappa shape index (κ2) is 7.68. The number of piperazine rings is 1. The Bertz CT molecular complexity index is 970. The zero-order chi connectivity index (χ0) is 19.7. The number of nitrogens with zero attached hydrogens (tertiary/aromatic N) is 2. The van der Waals surface area contributed by atoms with E-state index in [0.29, 0.717) is 36.2 Å². The largest absolute Gasteiger partial charge is 0.497 e. The van der Waals surface area contributed by atoms with Crippen molar-refractivity contribution in [1.29, 1.82) is 0 Å². The first-order chi connectivity index (χ1) is 13.6. The highest BCUT2D eigenvalue weighted by Gasteiger charge is 2.29. The fourth-order valence-corrected chi connectivity index (χ4v) is 3.83. The van der Waals surface area contributed by atoms with Crippen molar-refractivity contribution in [2.24, 2.45) is 0 Å². The molecule has 1 amide bonds. The number of fused-ring (bicyclic) bond motifs is 1. The molecule has 28 heavy (non-hydrogen) atoms. The first-order valence-electron chi connectivity index (χ1n) is 9.77. The van der Waals surface area contributed by atoms with Gasteiger partial charge in [0.1, 0.15) is 11.3 Å². The van der Waals surface area contributed by atoms with Crippen molar-refractivity contribution in [3.8, 4) is 16.9 Å². The lowest BCUT2D eigenvalue weighted by Crippen LogP contribution is -2.50. The van der Waals surface area contributed by atoms with E-state index in [1.165, 1.54) is 0 Å². The number of amides is 1. The van der Waals surface area contributed by atoms with E-state index in [2.05, 4.69) is 18.7 Å². The summed E-state index contributed by atoms with van der Waals surface area (Å²) in [7, 11) is 1.63. The van der Waals surface area contributed by atoms with Crippen LogP contribution < -0.4 is 4.74 Å². The standard InChI is InChI=1S/C23H26N2O3/c1-16(2)24-11-13-25(14-12-24)23(26)22-21(17-7-5-4-6-8-17)19-10-9-18(27-3)15-20(19)28-22/h4-10,15-16H,11-14H2,1-3H3. The average Bonchev–Trinajstić information content (AvgIpc) is 3.12. The topological polar surface area (TPSA) is 45.9 Å². The quantitative estimate of drug-likeness (QED) is 0.680. The molecular weight excluding hydrogens is 352 g/mol. The predicted molar refractivity (Wildman–Crippen MR) is 111 cm³/mol. The SMILES string of the molecule is COc1ccc2c(-c3ccccc3)c(C(=O)N3CCN(C(C)C)CC3)oc2c1. The Labute approximate surface area is 165 Å². The van der Waals surface area contributed by atoms with Crippen LogP contribution >= 0.6 is 0 Å². The van der Waals surface area contributed by atoms with E-state index in [-0.39, 0.29) is 5.91 Å². The highest BCUT2D eigenvalue weighted by molar-refractivity contribution is 6.08. The Morgan fingerprint density at radius 1 is 1.04 bits per heavy atom. The average molecular weight is 378 g/mol. The highest BCUT2D eigenvalue weighted by Crippen LogP contribution is 2.37. The number of carbonyl (C=O) groups excluding carboxylic acids is 1. The molecule has 5 nitrogen and oxygen atoms in total. The molecule has 0 spiro atoms. The van der Waals surface area contributed by atoms with Crippen molar-refractivity contribution < 1.29 is 13.9 Å². The molecule has 0 N–H and O–H groups in total. The summed E-state index contributed by atoms with van der Waals surface area (Å²) in [6.45, 7) is 7.59. The summed E-state index contributed by atoms with van der Waals surface area (Å²) >= 11 is 0. The molecule has 1 aromatic heterocycles. The second-order valence-electron chi connectivity index (χ2n) is 7.46. The molecule has 1 saturated heterocycles. The molecule has 1 aliphatic rings. The Morgan fingerprint density at radius 3 is 2.39 bits per heavy atom. The zero-order valence-corrected chi connectivity index (χ0v) is 16.6. The summed E-state index contributed by atoms with van der Waals surface area (Å²) in [5, 5.41) is 0.927. The van der Waals surface area contributed by atoms with E-state index in [9.17, 15) is 4.79 Å². The van der Waals surface area contributed by atoms with E-state index in [4.69, 9.17) is 9.15 Å². The van der Waals surface area contributed by atoms with E-state index >= 15 is 0 Å². The van der Waals surface area contributed by atoms with Crippen molar-refractivity contribution in [3.63, 3.8) is 0 Å². The van der Waals surface area contributed by atoms with Crippen molar-refractivity contribution in [2.45, 2.75) is 19.9 Å². The molecule has 0 atom stereocenters. The van der Waals surface area contributed by atoms with Crippen LogP contribution in [0.25, 0.3) is 22.1 Å². The molecule has 0 aliphatic carbocycles. The Hall–Kier alpha value is -2.79. The fraction of sp³-hybridized carbons (Fsp3) is 0.348. The van der Waals surface area contributed by atoms with Crippen LogP contribution in [-0.4, -0.2) is 55.0 Å². The zero-order valence-electron chi connectivity index (χ0n) is 16.6. The fourth-order valence-electron chi connectivity index (χ4n) is 3.83. The number of hydrogen-bond donors (Lipinski definition) is 0.